The Kier molecular flexibility index (Phi) is 160. The van der Waals surface area contributed by atoms with Crippen molar-refractivity contribution in [2.45, 2.75) is 27.7 Å². The molecule has 0 atom stereocenters. The van der Waals surface area contributed by atoms with Crippen LogP contribution in [0.1, 0.15) is 27.7 Å². The summed E-state index contributed by atoms with van der Waals surface area (Å²) in [6.07, 6.45) is 0. The molecule has 0 aliphatic carbocycles. The Labute approximate surface area is 110 Å². The third-order valence-corrected chi connectivity index (χ3v) is 0. The summed E-state index contributed by atoms with van der Waals surface area (Å²) in [6.45, 7) is 7.72. The maximum atomic E-state index is 7.57. The van der Waals surface area contributed by atoms with Gasteiger partial charge in [0.15, 0.2) is 0 Å². The number of rotatable bonds is 0. The first kappa shape index (κ1) is 29.8. The summed E-state index contributed by atoms with van der Waals surface area (Å²) in [5.74, 6) is 0. The van der Waals surface area contributed by atoms with E-state index in [-0.39, 0.29) is 26.4 Å². The summed E-state index contributed by atoms with van der Waals surface area (Å²) in [5, 5.41) is 30.3. The minimum absolute atomic E-state index is 0.250. The van der Waals surface area contributed by atoms with E-state index < -0.39 is 17.0 Å². The molecule has 0 unspecified atom stereocenters. The first-order chi connectivity index (χ1) is 7.07. The molecule has 0 aromatic carbocycles. The molecule has 0 aromatic heterocycles. The predicted molar refractivity (Wildman–Crippen MR) is 62.7 cm³/mol. The number of halogens is 2. The van der Waals surface area contributed by atoms with Crippen LogP contribution in [0.5, 0.6) is 0 Å². The fraction of sp³-hybridized carbons (Fsp3) is 1.00. The summed E-state index contributed by atoms with van der Waals surface area (Å²) < 4.78 is 0. The Hall–Kier alpha value is 1.13. The molecule has 0 fully saturated rings. The van der Waals surface area contributed by atoms with Gasteiger partial charge in [-0.1, -0.05) is 0 Å². The summed E-state index contributed by atoms with van der Waals surface area (Å²) >= 11 is -0.556. The molecule has 0 bridgehead atoms. The molecule has 0 amide bonds. The minimum atomic E-state index is -0.556. The third kappa shape index (κ3) is 2030. The van der Waals surface area contributed by atoms with Gasteiger partial charge in [0, 0.05) is 26.4 Å². The van der Waals surface area contributed by atoms with Gasteiger partial charge < -0.3 is 20.4 Å². The number of hydrogen-bond donors (Lipinski definition) is 4. The molecule has 4 nitrogen and oxygen atoms in total. The van der Waals surface area contributed by atoms with E-state index >= 15 is 0 Å². The van der Waals surface area contributed by atoms with Crippen molar-refractivity contribution >= 4 is 18.6 Å². The van der Waals surface area contributed by atoms with Crippen molar-refractivity contribution in [2.24, 2.45) is 0 Å². The van der Waals surface area contributed by atoms with Gasteiger partial charge in [-0.2, -0.15) is 0 Å². The standard InChI is InChI=1S/4C2H6O.2ClH.Ti/c4*1-2-3;;;/h4*3H,2H2,1H3;2*1H;/q;;;;;;+2/p-2. The Morgan fingerprint density at radius 1 is 0.667 bits per heavy atom. The summed E-state index contributed by atoms with van der Waals surface area (Å²) in [4.78, 5) is 0. The van der Waals surface area contributed by atoms with Crippen LogP contribution in [0.25, 0.3) is 0 Å². The molecule has 0 aliphatic heterocycles. The van der Waals surface area contributed by atoms with Gasteiger partial charge in [-0.05, 0) is 27.7 Å². The van der Waals surface area contributed by atoms with Crippen molar-refractivity contribution in [3.63, 3.8) is 0 Å². The molecule has 0 saturated carbocycles. The van der Waals surface area contributed by atoms with Crippen molar-refractivity contribution in [3.05, 3.63) is 0 Å². The summed E-state index contributed by atoms with van der Waals surface area (Å²) in [5.41, 5.74) is 0. The predicted octanol–water partition coefficient (Wildman–Crippen LogP) is 1.37. The van der Waals surface area contributed by atoms with E-state index in [2.05, 4.69) is 0 Å². The van der Waals surface area contributed by atoms with Gasteiger partial charge in [-0.25, -0.2) is 0 Å². The van der Waals surface area contributed by atoms with Gasteiger partial charge in [-0.15, -0.1) is 0 Å². The number of aliphatic hydroxyl groups is 4. The first-order valence-electron chi connectivity index (χ1n) is 4.47. The Balaban J connectivity index is -0.0000000278. The molecule has 0 rings (SSSR count). The van der Waals surface area contributed by atoms with Crippen molar-refractivity contribution in [2.75, 3.05) is 26.4 Å². The Bertz CT molecular complexity index is 36.2. The van der Waals surface area contributed by atoms with E-state index in [1.165, 1.54) is 0 Å². The zero-order valence-corrected chi connectivity index (χ0v) is 12.9. The number of hydrogen-bond acceptors (Lipinski definition) is 4. The molecule has 0 saturated heterocycles. The molecule has 0 aromatic rings. The average molecular weight is 303 g/mol. The molecule has 4 N–H and O–H groups in total. The molecule has 15 heavy (non-hydrogen) atoms. The second-order valence-electron chi connectivity index (χ2n) is 1.34. The van der Waals surface area contributed by atoms with Gasteiger partial charge in [0.2, 0.25) is 0 Å². The van der Waals surface area contributed by atoms with E-state index in [1.807, 2.05) is 0 Å². The van der Waals surface area contributed by atoms with Crippen LogP contribution in [0.15, 0.2) is 0 Å². The summed E-state index contributed by atoms with van der Waals surface area (Å²) in [6, 6.07) is 0. The second kappa shape index (κ2) is 80.3. The van der Waals surface area contributed by atoms with Crippen LogP contribution < -0.4 is 0 Å². The van der Waals surface area contributed by atoms with Crippen molar-refractivity contribution < 1.29 is 37.5 Å². The van der Waals surface area contributed by atoms with Crippen LogP contribution in [0.2, 0.25) is 0 Å². The maximum absolute atomic E-state index is 7.57. The molecule has 0 spiro atoms. The number of aliphatic hydroxyl groups excluding tert-OH is 4. The van der Waals surface area contributed by atoms with E-state index in [9.17, 15) is 0 Å². The van der Waals surface area contributed by atoms with Gasteiger partial charge in [-0.3, -0.25) is 0 Å². The SMILES string of the molecule is CCO.CCO.CCO.CCO.[Cl][Ti][Cl]. The van der Waals surface area contributed by atoms with Crippen LogP contribution >= 0.6 is 18.6 Å². The quantitative estimate of drug-likeness (QED) is 0.510. The van der Waals surface area contributed by atoms with Crippen LogP contribution in [0.4, 0.5) is 0 Å². The molecule has 0 radical (unpaired) electrons. The van der Waals surface area contributed by atoms with Gasteiger partial charge in [0.1, 0.15) is 0 Å². The van der Waals surface area contributed by atoms with Crippen molar-refractivity contribution in [3.8, 4) is 0 Å². The zero-order chi connectivity index (χ0) is 13.5. The van der Waals surface area contributed by atoms with E-state index in [0.717, 1.165) is 0 Å². The molecular formula is C8H24Cl2O4Ti. The molecule has 7 heteroatoms. The van der Waals surface area contributed by atoms with Crippen LogP contribution in [-0.2, 0) is 17.0 Å². The van der Waals surface area contributed by atoms with Crippen molar-refractivity contribution in [1.82, 2.24) is 0 Å². The fourth-order valence-electron chi connectivity index (χ4n) is 0. The van der Waals surface area contributed by atoms with Gasteiger partial charge >= 0.3 is 35.6 Å². The Morgan fingerprint density at radius 2 is 0.667 bits per heavy atom. The second-order valence-corrected chi connectivity index (χ2v) is 3.92. The normalized spacial score (nSPS) is 5.73. The molecule has 98 valence electrons. The molecule has 0 aliphatic rings. The summed E-state index contributed by atoms with van der Waals surface area (Å²) in [7, 11) is 9.78. The average Bonchev–Trinajstić information content (AvgIpc) is 2.09. The zero-order valence-electron chi connectivity index (χ0n) is 9.87. The van der Waals surface area contributed by atoms with Crippen molar-refractivity contribution in [1.29, 1.82) is 0 Å². The monoisotopic (exact) mass is 302 g/mol. The van der Waals surface area contributed by atoms with E-state index in [1.54, 1.807) is 27.7 Å². The topological polar surface area (TPSA) is 80.9 Å². The van der Waals surface area contributed by atoms with Gasteiger partial charge in [0.25, 0.3) is 0 Å². The third-order valence-electron chi connectivity index (χ3n) is 0. The van der Waals surface area contributed by atoms with Crippen LogP contribution in [-0.4, -0.2) is 46.9 Å². The fourth-order valence-corrected chi connectivity index (χ4v) is 0. The first-order valence-corrected chi connectivity index (χ1v) is 8.77. The Morgan fingerprint density at radius 3 is 0.667 bits per heavy atom. The van der Waals surface area contributed by atoms with Crippen LogP contribution in [0, 0.1) is 0 Å². The molecular weight excluding hydrogens is 279 g/mol. The van der Waals surface area contributed by atoms with Crippen LogP contribution in [0.3, 0.4) is 0 Å². The van der Waals surface area contributed by atoms with E-state index in [0.29, 0.717) is 0 Å². The molecule has 0 heterocycles. The van der Waals surface area contributed by atoms with Gasteiger partial charge in [0.05, 0.1) is 0 Å². The van der Waals surface area contributed by atoms with E-state index in [4.69, 9.17) is 39.0 Å².